The molecular weight excluding hydrogens is 653 g/mol. The smallest absolute Gasteiger partial charge is 0.338 e. The number of ether oxygens (including phenoxy) is 2. The molecule has 9 rings (SSSR count). The largest absolute Gasteiger partial charge is 0.423 e. The van der Waals surface area contributed by atoms with Gasteiger partial charge in [-0.2, -0.15) is 0 Å². The molecule has 0 N–H and O–H groups in total. The summed E-state index contributed by atoms with van der Waals surface area (Å²) in [4.78, 5) is 24.7. The second kappa shape index (κ2) is 12.2. The molecule has 4 heteroatoms. The van der Waals surface area contributed by atoms with Gasteiger partial charge in [-0.15, -0.1) is 0 Å². The summed E-state index contributed by atoms with van der Waals surface area (Å²) < 4.78 is 11.2. The van der Waals surface area contributed by atoms with Gasteiger partial charge >= 0.3 is 11.9 Å². The summed E-state index contributed by atoms with van der Waals surface area (Å²) in [6.45, 7) is 10.7. The number of hydrogen-bond donors (Lipinski definition) is 0. The predicted octanol–water partition coefficient (Wildman–Crippen LogP) is 11.6. The van der Waals surface area contributed by atoms with Crippen molar-refractivity contribution in [3.8, 4) is 22.6 Å². The van der Waals surface area contributed by atoms with Gasteiger partial charge in [0, 0.05) is 11.1 Å². The van der Waals surface area contributed by atoms with Crippen LogP contribution in [0.5, 0.6) is 11.5 Å². The molecule has 0 heterocycles. The van der Waals surface area contributed by atoms with Crippen LogP contribution in [0.2, 0.25) is 0 Å². The van der Waals surface area contributed by atoms with E-state index in [0.717, 1.165) is 32.7 Å². The highest BCUT2D eigenvalue weighted by atomic mass is 16.5. The first kappa shape index (κ1) is 32.1. The number of rotatable bonds is 6. The maximum Gasteiger partial charge on any atom is 0.338 e. The van der Waals surface area contributed by atoms with Crippen LogP contribution >= 0.6 is 0 Å². The first-order valence-corrected chi connectivity index (χ1v) is 17.6. The average molecular weight is 687 g/mol. The topological polar surface area (TPSA) is 52.6 Å². The molecule has 4 nitrogen and oxygen atoms in total. The average Bonchev–Trinajstić information content (AvgIpc) is 3.46. The molecule has 8 aromatic carbocycles. The lowest BCUT2D eigenvalue weighted by atomic mass is 9.66. The van der Waals surface area contributed by atoms with Gasteiger partial charge in [0.25, 0.3) is 0 Å². The predicted molar refractivity (Wildman–Crippen MR) is 215 cm³/mol. The number of carbonyl (C=O) groups excluding carboxylic acids is 2. The van der Waals surface area contributed by atoms with Gasteiger partial charge in [-0.1, -0.05) is 110 Å². The van der Waals surface area contributed by atoms with Crippen molar-refractivity contribution in [2.45, 2.75) is 19.3 Å². The third kappa shape index (κ3) is 5.14. The Balaban J connectivity index is 1.35. The van der Waals surface area contributed by atoms with Crippen LogP contribution in [-0.2, 0) is 15.0 Å². The molecule has 1 aliphatic rings. The highest BCUT2D eigenvalue weighted by Crippen LogP contribution is 2.59. The van der Waals surface area contributed by atoms with E-state index < -0.39 is 17.4 Å². The Morgan fingerprint density at radius 2 is 0.925 bits per heavy atom. The number of benzene rings is 8. The van der Waals surface area contributed by atoms with Crippen LogP contribution in [0.25, 0.3) is 54.2 Å². The van der Waals surface area contributed by atoms with Gasteiger partial charge in [-0.3, -0.25) is 0 Å². The maximum atomic E-state index is 12.3. The van der Waals surface area contributed by atoms with Crippen LogP contribution in [0.3, 0.4) is 0 Å². The standard InChI is InChI=1S/C49H34O4/c1-29(2)47(50)52-40-20-15-34-23-38(18-13-36(34)25-40)49(39-19-14-37-26-41(21-16-35(37)24-39)53-48(51)30(3)4)45-28-33-11-6-5-10-32(33)27-44(45)43-22-17-31-9-7-8-12-42(31)46(43)49/h5-28H,1,3H2,2,4H3. The molecule has 0 unspecified atom stereocenters. The molecule has 0 fully saturated rings. The molecule has 0 aromatic heterocycles. The van der Waals surface area contributed by atoms with E-state index in [-0.39, 0.29) is 0 Å². The van der Waals surface area contributed by atoms with Gasteiger partial charge in [-0.05, 0) is 139 Å². The Bertz CT molecular complexity index is 2780. The zero-order valence-electron chi connectivity index (χ0n) is 29.4. The van der Waals surface area contributed by atoms with Crippen LogP contribution in [0.15, 0.2) is 170 Å². The van der Waals surface area contributed by atoms with Gasteiger partial charge < -0.3 is 9.47 Å². The van der Waals surface area contributed by atoms with E-state index >= 15 is 0 Å². The minimum Gasteiger partial charge on any atom is -0.423 e. The van der Waals surface area contributed by atoms with Crippen molar-refractivity contribution >= 4 is 55.0 Å². The molecule has 0 atom stereocenters. The van der Waals surface area contributed by atoms with Gasteiger partial charge in [-0.25, -0.2) is 9.59 Å². The van der Waals surface area contributed by atoms with Gasteiger partial charge in [0.1, 0.15) is 11.5 Å². The molecule has 1 aliphatic carbocycles. The third-order valence-electron chi connectivity index (χ3n) is 10.5. The Morgan fingerprint density at radius 1 is 0.472 bits per heavy atom. The number of fused-ring (bicyclic) bond motifs is 8. The number of hydrogen-bond acceptors (Lipinski definition) is 4. The lowest BCUT2D eigenvalue weighted by molar-refractivity contribution is -0.130. The highest BCUT2D eigenvalue weighted by molar-refractivity contribution is 6.04. The van der Waals surface area contributed by atoms with Crippen LogP contribution in [0, 0.1) is 0 Å². The van der Waals surface area contributed by atoms with Gasteiger partial charge in [0.2, 0.25) is 0 Å². The van der Waals surface area contributed by atoms with E-state index in [0.29, 0.717) is 22.6 Å². The molecule has 0 aliphatic heterocycles. The summed E-state index contributed by atoms with van der Waals surface area (Å²) in [5.41, 5.74) is 7.07. The SMILES string of the molecule is C=C(C)C(=O)Oc1ccc2cc(C3(c4ccc5cc(OC(=O)C(=C)C)ccc5c4)c4cc5ccccc5cc4-c4ccc5ccccc5c43)ccc2c1. The van der Waals surface area contributed by atoms with Crippen LogP contribution in [0.1, 0.15) is 36.1 Å². The van der Waals surface area contributed by atoms with Crippen LogP contribution in [-0.4, -0.2) is 11.9 Å². The Labute approximate surface area is 307 Å². The van der Waals surface area contributed by atoms with E-state index in [1.54, 1.807) is 13.8 Å². The van der Waals surface area contributed by atoms with Crippen molar-refractivity contribution in [2.75, 3.05) is 0 Å². The summed E-state index contributed by atoms with van der Waals surface area (Å²) in [6.07, 6.45) is 0. The molecule has 8 aromatic rings. The maximum absolute atomic E-state index is 12.3. The van der Waals surface area contributed by atoms with E-state index in [9.17, 15) is 9.59 Å². The second-order valence-corrected chi connectivity index (χ2v) is 14.0. The van der Waals surface area contributed by atoms with Crippen molar-refractivity contribution < 1.29 is 19.1 Å². The molecule has 53 heavy (non-hydrogen) atoms. The Kier molecular flexibility index (Phi) is 7.39. The van der Waals surface area contributed by atoms with Gasteiger partial charge in [0.15, 0.2) is 0 Å². The quantitative estimate of drug-likeness (QED) is 0.0992. The Morgan fingerprint density at radius 3 is 1.49 bits per heavy atom. The number of esters is 2. The molecule has 0 saturated carbocycles. The third-order valence-corrected chi connectivity index (χ3v) is 10.5. The fraction of sp³-hybridized carbons (Fsp3) is 0.0612. The molecule has 0 amide bonds. The lowest BCUT2D eigenvalue weighted by Crippen LogP contribution is -2.29. The zero-order valence-corrected chi connectivity index (χ0v) is 29.4. The van der Waals surface area contributed by atoms with Crippen LogP contribution < -0.4 is 9.47 Å². The summed E-state index contributed by atoms with van der Waals surface area (Å²) in [7, 11) is 0. The number of carbonyl (C=O) groups is 2. The van der Waals surface area contributed by atoms with E-state index in [4.69, 9.17) is 9.47 Å². The van der Waals surface area contributed by atoms with Crippen molar-refractivity contribution in [3.63, 3.8) is 0 Å². The van der Waals surface area contributed by atoms with Crippen molar-refractivity contribution in [1.29, 1.82) is 0 Å². The summed E-state index contributed by atoms with van der Waals surface area (Å²) in [5, 5.41) is 8.68. The molecule has 0 radical (unpaired) electrons. The van der Waals surface area contributed by atoms with Crippen molar-refractivity contribution in [3.05, 3.63) is 192 Å². The van der Waals surface area contributed by atoms with Crippen LogP contribution in [0.4, 0.5) is 0 Å². The minimum atomic E-state index is -0.714. The molecule has 0 saturated heterocycles. The fourth-order valence-corrected chi connectivity index (χ4v) is 8.00. The highest BCUT2D eigenvalue weighted by Gasteiger charge is 2.47. The zero-order chi connectivity index (χ0) is 36.4. The first-order chi connectivity index (χ1) is 25.7. The van der Waals surface area contributed by atoms with E-state index in [1.165, 1.54) is 43.8 Å². The fourth-order valence-electron chi connectivity index (χ4n) is 8.00. The molecule has 0 bridgehead atoms. The van der Waals surface area contributed by atoms with E-state index in [2.05, 4.69) is 122 Å². The molecular formula is C49H34O4. The summed E-state index contributed by atoms with van der Waals surface area (Å²) in [5.74, 6) is 0.0563. The monoisotopic (exact) mass is 686 g/mol. The summed E-state index contributed by atoms with van der Waals surface area (Å²) >= 11 is 0. The van der Waals surface area contributed by atoms with Gasteiger partial charge in [0.05, 0.1) is 5.41 Å². The normalized spacial score (nSPS) is 12.8. The Hall–Kier alpha value is -6.78. The first-order valence-electron chi connectivity index (χ1n) is 17.6. The minimum absolute atomic E-state index is 0.347. The molecule has 254 valence electrons. The van der Waals surface area contributed by atoms with E-state index in [1.807, 2.05) is 36.4 Å². The van der Waals surface area contributed by atoms with Crippen molar-refractivity contribution in [2.24, 2.45) is 0 Å². The lowest BCUT2D eigenvalue weighted by Gasteiger charge is -2.35. The summed E-state index contributed by atoms with van der Waals surface area (Å²) in [6, 6.07) is 51.1. The molecule has 0 spiro atoms. The second-order valence-electron chi connectivity index (χ2n) is 14.0. The van der Waals surface area contributed by atoms with Crippen molar-refractivity contribution in [1.82, 2.24) is 0 Å².